The van der Waals surface area contributed by atoms with Crippen molar-refractivity contribution >= 4 is 37.1 Å². The molecule has 0 fully saturated rings. The van der Waals surface area contributed by atoms with Gasteiger partial charge >= 0.3 is 14.4 Å². The maximum atomic E-state index is 11.5. The first-order chi connectivity index (χ1) is 11.0. The third-order valence-corrected chi connectivity index (χ3v) is 5.88. The van der Waals surface area contributed by atoms with Crippen molar-refractivity contribution in [3.05, 3.63) is 36.4 Å². The van der Waals surface area contributed by atoms with E-state index in [1.807, 2.05) is 43.3 Å². The SMILES string of the molecule is CCCC(C(=O)O)C(O)(CSc1ccc2ccccc2n1)[PH+]=O. The van der Waals surface area contributed by atoms with Gasteiger partial charge in [0, 0.05) is 5.39 Å². The molecule has 0 radical (unpaired) electrons. The van der Waals surface area contributed by atoms with E-state index in [9.17, 15) is 19.6 Å². The van der Waals surface area contributed by atoms with Crippen LogP contribution in [0.3, 0.4) is 0 Å². The van der Waals surface area contributed by atoms with Crippen molar-refractivity contribution in [2.24, 2.45) is 5.92 Å². The number of thioether (sulfide) groups is 1. The van der Waals surface area contributed by atoms with Gasteiger partial charge in [0.05, 0.1) is 16.3 Å². The number of hydrogen-bond donors (Lipinski definition) is 2. The molecule has 1 aromatic carbocycles. The molecule has 3 unspecified atom stereocenters. The molecule has 3 atom stereocenters. The van der Waals surface area contributed by atoms with E-state index in [4.69, 9.17) is 0 Å². The Morgan fingerprint density at radius 1 is 1.35 bits per heavy atom. The number of fused-ring (bicyclic) bond motifs is 1. The van der Waals surface area contributed by atoms with Gasteiger partial charge in [0.1, 0.15) is 5.92 Å². The molecule has 0 aliphatic heterocycles. The van der Waals surface area contributed by atoms with Crippen molar-refractivity contribution in [1.29, 1.82) is 0 Å². The second-order valence-electron chi connectivity index (χ2n) is 5.34. The molecule has 0 aliphatic carbocycles. The van der Waals surface area contributed by atoms with Crippen molar-refractivity contribution < 1.29 is 19.6 Å². The van der Waals surface area contributed by atoms with Gasteiger partial charge < -0.3 is 10.2 Å². The molecule has 0 amide bonds. The topological polar surface area (TPSA) is 87.5 Å². The molecule has 2 rings (SSSR count). The van der Waals surface area contributed by atoms with E-state index in [0.29, 0.717) is 11.4 Å². The van der Waals surface area contributed by atoms with Crippen LogP contribution in [-0.4, -0.2) is 32.3 Å². The van der Waals surface area contributed by atoms with Crippen LogP contribution in [0.5, 0.6) is 0 Å². The van der Waals surface area contributed by atoms with E-state index in [1.165, 1.54) is 11.8 Å². The molecule has 1 heterocycles. The quantitative estimate of drug-likeness (QED) is 0.558. The molecule has 0 saturated carbocycles. The second-order valence-corrected chi connectivity index (χ2v) is 7.40. The monoisotopic (exact) mass is 352 g/mol. The number of hydrogen-bond acceptors (Lipinski definition) is 5. The van der Waals surface area contributed by atoms with E-state index in [-0.39, 0.29) is 12.2 Å². The van der Waals surface area contributed by atoms with Crippen LogP contribution in [0.2, 0.25) is 0 Å². The van der Waals surface area contributed by atoms with E-state index in [2.05, 4.69) is 4.98 Å². The lowest BCUT2D eigenvalue weighted by atomic mass is 9.98. The summed E-state index contributed by atoms with van der Waals surface area (Å²) in [6.45, 7) is 1.84. The van der Waals surface area contributed by atoms with Crippen molar-refractivity contribution in [1.82, 2.24) is 4.98 Å². The second kappa shape index (κ2) is 7.86. The minimum Gasteiger partial charge on any atom is -0.481 e. The molecular weight excluding hydrogens is 333 g/mol. The van der Waals surface area contributed by atoms with E-state index >= 15 is 0 Å². The number of pyridine rings is 1. The average molecular weight is 352 g/mol. The van der Waals surface area contributed by atoms with Crippen LogP contribution in [0.4, 0.5) is 0 Å². The van der Waals surface area contributed by atoms with Crippen molar-refractivity contribution in [2.75, 3.05) is 5.75 Å². The van der Waals surface area contributed by atoms with Gasteiger partial charge in [-0.05, 0) is 18.6 Å². The van der Waals surface area contributed by atoms with Crippen molar-refractivity contribution in [3.8, 4) is 0 Å². The smallest absolute Gasteiger partial charge is 0.361 e. The van der Waals surface area contributed by atoms with Crippen molar-refractivity contribution in [3.63, 3.8) is 0 Å². The first-order valence-corrected chi connectivity index (χ1v) is 9.22. The molecule has 0 saturated heterocycles. The zero-order chi connectivity index (χ0) is 16.9. The number of nitrogens with zero attached hydrogens (tertiary/aromatic N) is 1. The minimum atomic E-state index is -1.75. The van der Waals surface area contributed by atoms with Crippen LogP contribution in [0.25, 0.3) is 10.9 Å². The Kier molecular flexibility index (Phi) is 6.10. The molecule has 122 valence electrons. The van der Waals surface area contributed by atoms with Crippen molar-refractivity contribution in [2.45, 2.75) is 30.1 Å². The van der Waals surface area contributed by atoms with Gasteiger partial charge in [-0.2, -0.15) is 0 Å². The fourth-order valence-corrected chi connectivity index (χ4v) is 4.13. The molecule has 5 nitrogen and oxygen atoms in total. The molecule has 0 spiro atoms. The normalized spacial score (nSPS) is 15.4. The van der Waals surface area contributed by atoms with Gasteiger partial charge in [0.2, 0.25) is 0 Å². The number of carbonyl (C=O) groups is 1. The molecule has 7 heteroatoms. The highest BCUT2D eigenvalue weighted by atomic mass is 32.2. The van der Waals surface area contributed by atoms with Crippen LogP contribution in [-0.2, 0) is 9.36 Å². The maximum absolute atomic E-state index is 11.5. The standard InChI is InChI=1S/C16H18NO4PS/c1-2-5-12(15(18)19)16(20,22-21)10-23-14-9-8-11-6-3-4-7-13(11)17-14/h3-4,6-9,12,20H,2,5,10H2,1H3,(H,18,19)/p+1. The van der Waals surface area contributed by atoms with Crippen LogP contribution in [0, 0.1) is 5.92 Å². The van der Waals surface area contributed by atoms with Gasteiger partial charge in [-0.3, -0.25) is 4.79 Å². The number of aromatic nitrogens is 1. The number of aliphatic carboxylic acids is 1. The highest BCUT2D eigenvalue weighted by molar-refractivity contribution is 7.99. The predicted molar refractivity (Wildman–Crippen MR) is 92.5 cm³/mol. The van der Waals surface area contributed by atoms with Gasteiger partial charge in [-0.25, -0.2) is 4.98 Å². The summed E-state index contributed by atoms with van der Waals surface area (Å²) in [4.78, 5) is 15.8. The van der Waals surface area contributed by atoms with Crippen LogP contribution in [0.1, 0.15) is 19.8 Å². The van der Waals surface area contributed by atoms with E-state index in [0.717, 1.165) is 10.9 Å². The summed E-state index contributed by atoms with van der Waals surface area (Å²) in [6, 6.07) is 11.4. The molecule has 23 heavy (non-hydrogen) atoms. The summed E-state index contributed by atoms with van der Waals surface area (Å²) in [5.74, 6) is -2.14. The predicted octanol–water partition coefficient (Wildman–Crippen LogP) is 3.54. The largest absolute Gasteiger partial charge is 0.481 e. The van der Waals surface area contributed by atoms with Crippen LogP contribution in [0.15, 0.2) is 41.4 Å². The summed E-state index contributed by atoms with van der Waals surface area (Å²) in [5, 5.41) is 19.7. The summed E-state index contributed by atoms with van der Waals surface area (Å²) >= 11 is 1.22. The summed E-state index contributed by atoms with van der Waals surface area (Å²) < 4.78 is 11.5. The molecule has 1 aromatic heterocycles. The first kappa shape index (κ1) is 17.9. The van der Waals surface area contributed by atoms with Gasteiger partial charge in [0.25, 0.3) is 5.34 Å². The zero-order valence-corrected chi connectivity index (χ0v) is 14.5. The number of carboxylic acids is 1. The highest BCUT2D eigenvalue weighted by Gasteiger charge is 2.49. The zero-order valence-electron chi connectivity index (χ0n) is 12.7. The average Bonchev–Trinajstić information content (AvgIpc) is 2.57. The number of rotatable bonds is 8. The summed E-state index contributed by atoms with van der Waals surface area (Å²) in [6.07, 6.45) is 0.884. The van der Waals surface area contributed by atoms with Crippen LogP contribution < -0.4 is 0 Å². The lowest BCUT2D eigenvalue weighted by molar-refractivity contribution is -0.146. The Hall–Kier alpha value is -1.49. The number of carboxylic acid groups (broad SMARTS) is 1. The Morgan fingerprint density at radius 2 is 2.09 bits per heavy atom. The molecular formula is C16H19NO4PS+. The molecule has 0 bridgehead atoms. The van der Waals surface area contributed by atoms with E-state index in [1.54, 1.807) is 0 Å². The fourth-order valence-electron chi connectivity index (χ4n) is 2.37. The lowest BCUT2D eigenvalue weighted by Gasteiger charge is -2.21. The van der Waals surface area contributed by atoms with Gasteiger partial charge in [-0.1, -0.05) is 53.9 Å². The number of aliphatic hydroxyl groups is 1. The van der Waals surface area contributed by atoms with Gasteiger partial charge in [0.15, 0.2) is 0 Å². The van der Waals surface area contributed by atoms with Gasteiger partial charge in [-0.15, -0.1) is 0 Å². The molecule has 2 aromatic rings. The first-order valence-electron chi connectivity index (χ1n) is 7.33. The Morgan fingerprint density at radius 3 is 2.74 bits per heavy atom. The lowest BCUT2D eigenvalue weighted by Crippen LogP contribution is -2.39. The Bertz CT molecular complexity index is 711. The summed E-state index contributed by atoms with van der Waals surface area (Å²) in [5.41, 5.74) is 0.828. The Balaban J connectivity index is 2.17. The molecule has 0 aliphatic rings. The summed E-state index contributed by atoms with van der Waals surface area (Å²) in [7, 11) is -1.11. The maximum Gasteiger partial charge on any atom is 0.361 e. The number of para-hydroxylation sites is 1. The van der Waals surface area contributed by atoms with E-state index < -0.39 is 25.7 Å². The van der Waals surface area contributed by atoms with Crippen LogP contribution >= 0.6 is 20.2 Å². The number of benzene rings is 1. The third kappa shape index (κ3) is 4.28. The fraction of sp³-hybridized carbons (Fsp3) is 0.375. The molecule has 2 N–H and O–H groups in total. The third-order valence-electron chi connectivity index (χ3n) is 3.64. The minimum absolute atomic E-state index is 0.0251. The Labute approximate surface area is 140 Å². The highest BCUT2D eigenvalue weighted by Crippen LogP contribution is 2.37.